The van der Waals surface area contributed by atoms with E-state index in [1.165, 1.54) is 0 Å². The Kier molecular flexibility index (Phi) is 4.91. The highest BCUT2D eigenvalue weighted by molar-refractivity contribution is 7.89. The summed E-state index contributed by atoms with van der Waals surface area (Å²) in [4.78, 5) is 0.294. The third-order valence-corrected chi connectivity index (χ3v) is 5.13. The van der Waals surface area contributed by atoms with E-state index in [1.54, 1.807) is 19.1 Å². The van der Waals surface area contributed by atoms with Crippen LogP contribution in [0, 0.1) is 0 Å². The molecule has 0 spiro atoms. The first-order chi connectivity index (χ1) is 9.82. The zero-order valence-corrected chi connectivity index (χ0v) is 13.7. The van der Waals surface area contributed by atoms with Crippen molar-refractivity contribution in [3.8, 4) is 0 Å². The van der Waals surface area contributed by atoms with Gasteiger partial charge in [0.25, 0.3) is 0 Å². The first-order valence-electron chi connectivity index (χ1n) is 7.33. The van der Waals surface area contributed by atoms with Gasteiger partial charge < -0.3 is 10.1 Å². The molecule has 21 heavy (non-hydrogen) atoms. The monoisotopic (exact) mass is 312 g/mol. The lowest BCUT2D eigenvalue weighted by atomic mass is 9.94. The van der Waals surface area contributed by atoms with E-state index in [0.717, 1.165) is 25.1 Å². The van der Waals surface area contributed by atoms with Gasteiger partial charge in [0.15, 0.2) is 0 Å². The molecular weight excluding hydrogens is 288 g/mol. The van der Waals surface area contributed by atoms with Crippen LogP contribution in [0.2, 0.25) is 0 Å². The summed E-state index contributed by atoms with van der Waals surface area (Å²) in [6.07, 6.45) is 1.89. The van der Waals surface area contributed by atoms with Gasteiger partial charge >= 0.3 is 0 Å². The fraction of sp³-hybridized carbons (Fsp3) is 0.600. The average molecular weight is 312 g/mol. The van der Waals surface area contributed by atoms with Crippen molar-refractivity contribution in [2.24, 2.45) is 0 Å². The second-order valence-corrected chi connectivity index (χ2v) is 7.73. The number of ether oxygens (including phenoxy) is 1. The van der Waals surface area contributed by atoms with Crippen molar-refractivity contribution in [3.63, 3.8) is 0 Å². The van der Waals surface area contributed by atoms with Crippen molar-refractivity contribution in [2.75, 3.05) is 18.5 Å². The zero-order chi connectivity index (χ0) is 15.5. The minimum Gasteiger partial charge on any atom is -0.382 e. The van der Waals surface area contributed by atoms with Gasteiger partial charge in [0.1, 0.15) is 0 Å². The quantitative estimate of drug-likeness (QED) is 0.876. The molecule has 6 heteroatoms. The Hall–Kier alpha value is -1.11. The van der Waals surface area contributed by atoms with Gasteiger partial charge in [0.05, 0.1) is 10.5 Å². The molecule has 1 atom stereocenters. The number of benzene rings is 1. The van der Waals surface area contributed by atoms with Crippen molar-refractivity contribution in [1.29, 1.82) is 0 Å². The largest absolute Gasteiger partial charge is 0.382 e. The fourth-order valence-corrected chi connectivity index (χ4v) is 3.64. The Morgan fingerprint density at radius 2 is 1.95 bits per heavy atom. The Morgan fingerprint density at radius 3 is 2.52 bits per heavy atom. The minimum atomic E-state index is -3.38. The van der Waals surface area contributed by atoms with E-state index in [0.29, 0.717) is 17.5 Å². The highest BCUT2D eigenvalue weighted by atomic mass is 32.2. The summed E-state index contributed by atoms with van der Waals surface area (Å²) in [6.45, 7) is 7.08. The van der Waals surface area contributed by atoms with Crippen LogP contribution in [0.25, 0.3) is 0 Å². The first-order valence-corrected chi connectivity index (χ1v) is 8.81. The van der Waals surface area contributed by atoms with Gasteiger partial charge in [-0.05, 0) is 51.0 Å². The van der Waals surface area contributed by atoms with Gasteiger partial charge in [-0.2, -0.15) is 0 Å². The Bertz CT molecular complexity index is 567. The standard InChI is InChI=1S/C15H24N2O3S/c1-4-16-21(18,19)14-7-5-12(6-8-14)17-13-9-10-20-15(2,3)11-13/h5-8,13,16-17H,4,9-11H2,1-3H3. The first kappa shape index (κ1) is 16.3. The van der Waals surface area contributed by atoms with Gasteiger partial charge in [0, 0.05) is 24.9 Å². The Labute approximate surface area is 127 Å². The van der Waals surface area contributed by atoms with E-state index >= 15 is 0 Å². The van der Waals surface area contributed by atoms with Crippen molar-refractivity contribution in [3.05, 3.63) is 24.3 Å². The topological polar surface area (TPSA) is 67.4 Å². The number of hydrogen-bond donors (Lipinski definition) is 2. The molecule has 1 heterocycles. The SMILES string of the molecule is CCNS(=O)(=O)c1ccc(NC2CCOC(C)(C)C2)cc1. The van der Waals surface area contributed by atoms with Crippen LogP contribution in [0.1, 0.15) is 33.6 Å². The second-order valence-electron chi connectivity index (χ2n) is 5.97. The molecule has 1 unspecified atom stereocenters. The van der Waals surface area contributed by atoms with E-state index in [1.807, 2.05) is 12.1 Å². The van der Waals surface area contributed by atoms with Crippen LogP contribution in [0.15, 0.2) is 29.2 Å². The fourth-order valence-electron chi connectivity index (χ4n) is 2.59. The third-order valence-electron chi connectivity index (χ3n) is 3.57. The predicted octanol–water partition coefficient (Wildman–Crippen LogP) is 2.35. The molecule has 2 rings (SSSR count). The van der Waals surface area contributed by atoms with Crippen molar-refractivity contribution < 1.29 is 13.2 Å². The summed E-state index contributed by atoms with van der Waals surface area (Å²) in [7, 11) is -3.38. The molecular formula is C15H24N2O3S. The van der Waals surface area contributed by atoms with E-state index < -0.39 is 10.0 Å². The van der Waals surface area contributed by atoms with Gasteiger partial charge in [-0.1, -0.05) is 6.92 Å². The number of nitrogens with one attached hydrogen (secondary N) is 2. The number of hydrogen-bond acceptors (Lipinski definition) is 4. The Morgan fingerprint density at radius 1 is 1.29 bits per heavy atom. The van der Waals surface area contributed by atoms with E-state index in [4.69, 9.17) is 4.74 Å². The van der Waals surface area contributed by atoms with Crippen LogP contribution in [0.4, 0.5) is 5.69 Å². The minimum absolute atomic E-state index is 0.107. The van der Waals surface area contributed by atoms with Gasteiger partial charge in [0.2, 0.25) is 10.0 Å². The molecule has 1 fully saturated rings. The van der Waals surface area contributed by atoms with Crippen molar-refractivity contribution in [1.82, 2.24) is 4.72 Å². The summed E-state index contributed by atoms with van der Waals surface area (Å²) in [5.41, 5.74) is 0.831. The molecule has 118 valence electrons. The Balaban J connectivity index is 2.03. The molecule has 1 aliphatic rings. The molecule has 1 aromatic carbocycles. The maximum atomic E-state index is 11.9. The van der Waals surface area contributed by atoms with Crippen molar-refractivity contribution >= 4 is 15.7 Å². The number of sulfonamides is 1. The lowest BCUT2D eigenvalue weighted by Gasteiger charge is -2.36. The van der Waals surface area contributed by atoms with Crippen LogP contribution >= 0.6 is 0 Å². The maximum Gasteiger partial charge on any atom is 0.240 e. The molecule has 0 amide bonds. The maximum absolute atomic E-state index is 11.9. The lowest BCUT2D eigenvalue weighted by Crippen LogP contribution is -2.40. The molecule has 5 nitrogen and oxygen atoms in total. The zero-order valence-electron chi connectivity index (χ0n) is 12.8. The van der Waals surface area contributed by atoms with Gasteiger partial charge in [-0.15, -0.1) is 0 Å². The smallest absolute Gasteiger partial charge is 0.240 e. The summed E-state index contributed by atoms with van der Waals surface area (Å²) in [5.74, 6) is 0. The molecule has 2 N–H and O–H groups in total. The summed E-state index contributed by atoms with van der Waals surface area (Å²) in [6, 6.07) is 7.24. The highest BCUT2D eigenvalue weighted by Gasteiger charge is 2.28. The van der Waals surface area contributed by atoms with Gasteiger partial charge in [-0.25, -0.2) is 13.1 Å². The summed E-state index contributed by atoms with van der Waals surface area (Å²) < 4.78 is 31.9. The molecule has 0 aromatic heterocycles. The molecule has 1 saturated heterocycles. The average Bonchev–Trinajstić information content (AvgIpc) is 2.38. The lowest BCUT2D eigenvalue weighted by molar-refractivity contribution is -0.0553. The van der Waals surface area contributed by atoms with Gasteiger partial charge in [-0.3, -0.25) is 0 Å². The molecule has 0 radical (unpaired) electrons. The van der Waals surface area contributed by atoms with Crippen molar-refractivity contribution in [2.45, 2.75) is 50.2 Å². The molecule has 1 aromatic rings. The number of anilines is 1. The molecule has 0 saturated carbocycles. The second kappa shape index (κ2) is 6.34. The normalized spacial score (nSPS) is 22.0. The van der Waals surface area contributed by atoms with E-state index in [9.17, 15) is 8.42 Å². The third kappa shape index (κ3) is 4.43. The molecule has 0 aliphatic carbocycles. The van der Waals surface area contributed by atoms with E-state index in [2.05, 4.69) is 23.9 Å². The van der Waals surface area contributed by atoms with Crippen LogP contribution in [-0.4, -0.2) is 33.2 Å². The summed E-state index contributed by atoms with van der Waals surface area (Å²) >= 11 is 0. The van der Waals surface area contributed by atoms with Crippen LogP contribution in [-0.2, 0) is 14.8 Å². The highest BCUT2D eigenvalue weighted by Crippen LogP contribution is 2.26. The summed E-state index contributed by atoms with van der Waals surface area (Å²) in [5, 5.41) is 3.45. The van der Waals surface area contributed by atoms with E-state index in [-0.39, 0.29) is 5.60 Å². The van der Waals surface area contributed by atoms with Crippen LogP contribution in [0.5, 0.6) is 0 Å². The van der Waals surface area contributed by atoms with Crippen LogP contribution < -0.4 is 10.0 Å². The predicted molar refractivity (Wildman–Crippen MR) is 84.0 cm³/mol. The van der Waals surface area contributed by atoms with Crippen LogP contribution in [0.3, 0.4) is 0 Å². The molecule has 1 aliphatic heterocycles. The molecule has 0 bridgehead atoms. The number of rotatable bonds is 5.